The van der Waals surface area contributed by atoms with Crippen LogP contribution in [-0.4, -0.2) is 68.7 Å². The number of hydrogen-bond acceptors (Lipinski definition) is 6. The number of amides is 1. The Morgan fingerprint density at radius 3 is 2.65 bits per heavy atom. The van der Waals surface area contributed by atoms with Crippen molar-refractivity contribution >= 4 is 65.3 Å². The lowest BCUT2D eigenvalue weighted by atomic mass is 9.97. The quantitative estimate of drug-likeness (QED) is 0.159. The van der Waals surface area contributed by atoms with E-state index >= 15 is 0 Å². The zero-order valence-electron chi connectivity index (χ0n) is 22.7. The molecule has 40 heavy (non-hydrogen) atoms. The Morgan fingerprint density at radius 1 is 1.20 bits per heavy atom. The number of fused-ring (bicyclic) bond motifs is 4. The zero-order chi connectivity index (χ0) is 28.2. The van der Waals surface area contributed by atoms with E-state index in [1.165, 1.54) is 0 Å². The molecule has 6 rings (SSSR count). The van der Waals surface area contributed by atoms with Crippen LogP contribution in [0.3, 0.4) is 0 Å². The lowest BCUT2D eigenvalue weighted by molar-refractivity contribution is 0.0899. The molecule has 2 bridgehead atoms. The maximum absolute atomic E-state index is 11.2. The highest BCUT2D eigenvalue weighted by Crippen LogP contribution is 2.42. The van der Waals surface area contributed by atoms with E-state index in [-0.39, 0.29) is 18.1 Å². The monoisotopic (exact) mass is 601 g/mol. The Kier molecular flexibility index (Phi) is 7.18. The van der Waals surface area contributed by atoms with Crippen molar-refractivity contribution < 1.29 is 14.6 Å². The Bertz CT molecular complexity index is 1570. The van der Waals surface area contributed by atoms with Gasteiger partial charge in [0, 0.05) is 50.1 Å². The molecule has 212 valence electrons. The summed E-state index contributed by atoms with van der Waals surface area (Å²) in [6, 6.07) is 5.30. The second-order valence-electron chi connectivity index (χ2n) is 12.0. The van der Waals surface area contributed by atoms with E-state index in [4.69, 9.17) is 37.9 Å². The first-order chi connectivity index (χ1) is 19.1. The molecule has 2 atom stereocenters. The fourth-order valence-corrected chi connectivity index (χ4v) is 7.48. The van der Waals surface area contributed by atoms with Crippen LogP contribution < -0.4 is 10.2 Å². The fraction of sp³-hybridized carbons (Fsp3) is 0.481. The highest BCUT2D eigenvalue weighted by Gasteiger charge is 2.42. The minimum Gasteiger partial charge on any atom is -0.465 e. The molecule has 2 unspecified atom stereocenters. The summed E-state index contributed by atoms with van der Waals surface area (Å²) in [5.74, 6) is 0.807. The van der Waals surface area contributed by atoms with Gasteiger partial charge in [0.05, 0.1) is 22.1 Å². The molecule has 13 heteroatoms. The average Bonchev–Trinajstić information content (AvgIpc) is 3.53. The number of nitrogens with zero attached hydrogens (tertiary/aromatic N) is 5. The van der Waals surface area contributed by atoms with Crippen LogP contribution in [-0.2, 0) is 11.5 Å². The average molecular weight is 603 g/mol. The summed E-state index contributed by atoms with van der Waals surface area (Å²) in [7, 11) is -1.23. The predicted molar refractivity (Wildman–Crippen MR) is 160 cm³/mol. The number of anilines is 1. The third-order valence-electron chi connectivity index (χ3n) is 8.01. The van der Waals surface area contributed by atoms with Crippen LogP contribution in [0.15, 0.2) is 24.5 Å². The van der Waals surface area contributed by atoms with Crippen molar-refractivity contribution in [2.45, 2.75) is 76.2 Å². The Morgan fingerprint density at radius 2 is 1.95 bits per heavy atom. The first-order valence-electron chi connectivity index (χ1n) is 13.6. The molecule has 2 fully saturated rings. The van der Waals surface area contributed by atoms with Crippen molar-refractivity contribution in [3.05, 3.63) is 34.7 Å². The third-order valence-corrected chi connectivity index (χ3v) is 10.4. The number of ether oxygens (including phenoxy) is 1. The number of piperidine rings is 1. The Hall–Kier alpha value is -2.86. The van der Waals surface area contributed by atoms with Crippen LogP contribution >= 0.6 is 23.2 Å². The highest BCUT2D eigenvalue weighted by atomic mass is 35.5. The van der Waals surface area contributed by atoms with E-state index in [0.29, 0.717) is 34.4 Å². The second kappa shape index (κ2) is 10.5. The van der Waals surface area contributed by atoms with Gasteiger partial charge in [-0.1, -0.05) is 48.9 Å². The van der Waals surface area contributed by atoms with Crippen molar-refractivity contribution in [3.63, 3.8) is 0 Å². The van der Waals surface area contributed by atoms with Crippen molar-refractivity contribution in [2.24, 2.45) is 0 Å². The summed E-state index contributed by atoms with van der Waals surface area (Å²) in [6.45, 7) is 8.03. The van der Waals surface area contributed by atoms with Crippen LogP contribution in [0.25, 0.3) is 33.2 Å². The number of hydrogen-bond donors (Lipinski definition) is 3. The van der Waals surface area contributed by atoms with Gasteiger partial charge in [-0.2, -0.15) is 5.10 Å². The largest absolute Gasteiger partial charge is 0.465 e. The fourth-order valence-electron chi connectivity index (χ4n) is 6.08. The first kappa shape index (κ1) is 27.3. The molecule has 1 amide bonds. The summed E-state index contributed by atoms with van der Waals surface area (Å²) in [5.41, 5.74) is 3.79. The van der Waals surface area contributed by atoms with Crippen LogP contribution in [0.2, 0.25) is 35.9 Å². The van der Waals surface area contributed by atoms with Crippen LogP contribution in [0.5, 0.6) is 0 Å². The van der Waals surface area contributed by atoms with Gasteiger partial charge in [0.25, 0.3) is 0 Å². The second-order valence-corrected chi connectivity index (χ2v) is 18.4. The smallest absolute Gasteiger partial charge is 0.404 e. The van der Waals surface area contributed by atoms with Crippen LogP contribution in [0.4, 0.5) is 10.6 Å². The van der Waals surface area contributed by atoms with Gasteiger partial charge in [-0.3, -0.25) is 5.10 Å². The SMILES string of the molecule is C[Si](C)(C)CCOCn1cc(-c2ccc3n[nH]c(Cl)c3c2Cl)c2ncc(N3C4CCC3CC(NC(=O)O)C4)nc21. The molecule has 3 N–H and O–H groups in total. The number of halogens is 2. The standard InChI is InChI=1S/C27H33Cl2N7O3Si/c1-40(2,3)9-8-39-14-35-13-19(18-6-7-20-22(23(18)28)25(29)34-33-20)24-26(35)32-21(12-30-24)36-16-4-5-17(36)11-15(10-16)31-27(37)38/h6-7,12-13,15-17,31H,4-5,8-11,14H2,1-3H3,(H,33,34)(H,37,38). The predicted octanol–water partition coefficient (Wildman–Crippen LogP) is 6.36. The number of H-pyrrole nitrogens is 1. The first-order valence-corrected chi connectivity index (χ1v) is 18.1. The molecule has 0 aliphatic carbocycles. The Labute approximate surface area is 243 Å². The zero-order valence-corrected chi connectivity index (χ0v) is 25.3. The summed E-state index contributed by atoms with van der Waals surface area (Å²) in [6.07, 6.45) is 6.40. The topological polar surface area (TPSA) is 121 Å². The lowest BCUT2D eigenvalue weighted by Gasteiger charge is -2.39. The molecular formula is C27H33Cl2N7O3Si. The molecule has 2 saturated heterocycles. The number of aromatic nitrogens is 5. The van der Waals surface area contributed by atoms with E-state index in [0.717, 1.165) is 59.8 Å². The summed E-state index contributed by atoms with van der Waals surface area (Å²) >= 11 is 13.2. The summed E-state index contributed by atoms with van der Waals surface area (Å²) in [5, 5.41) is 20.5. The van der Waals surface area contributed by atoms with Gasteiger partial charge in [0.15, 0.2) is 5.65 Å². The molecular weight excluding hydrogens is 569 g/mol. The number of carbonyl (C=O) groups is 1. The molecule has 3 aromatic heterocycles. The van der Waals surface area contributed by atoms with Gasteiger partial charge < -0.3 is 24.6 Å². The van der Waals surface area contributed by atoms with E-state index in [9.17, 15) is 9.90 Å². The van der Waals surface area contributed by atoms with Gasteiger partial charge in [-0.05, 0) is 37.8 Å². The van der Waals surface area contributed by atoms with Gasteiger partial charge in [0.2, 0.25) is 0 Å². The normalized spacial score (nSPS) is 21.0. The Balaban J connectivity index is 1.38. The molecule has 1 aromatic carbocycles. The molecule has 2 aliphatic rings. The third kappa shape index (κ3) is 5.15. The van der Waals surface area contributed by atoms with Crippen LogP contribution in [0.1, 0.15) is 25.7 Å². The highest BCUT2D eigenvalue weighted by molar-refractivity contribution is 6.76. The lowest BCUT2D eigenvalue weighted by Crippen LogP contribution is -2.50. The molecule has 5 heterocycles. The van der Waals surface area contributed by atoms with E-state index < -0.39 is 14.2 Å². The van der Waals surface area contributed by atoms with Gasteiger partial charge >= 0.3 is 6.09 Å². The van der Waals surface area contributed by atoms with Gasteiger partial charge in [0.1, 0.15) is 23.2 Å². The maximum Gasteiger partial charge on any atom is 0.404 e. The van der Waals surface area contributed by atoms with Crippen molar-refractivity contribution in [2.75, 3.05) is 11.5 Å². The maximum atomic E-state index is 11.2. The molecule has 0 saturated carbocycles. The van der Waals surface area contributed by atoms with Crippen LogP contribution in [0, 0.1) is 0 Å². The van der Waals surface area contributed by atoms with Gasteiger partial charge in [-0.15, -0.1) is 0 Å². The molecule has 4 aromatic rings. The molecule has 0 radical (unpaired) electrons. The van der Waals surface area contributed by atoms with E-state index in [2.05, 4.69) is 40.1 Å². The number of carboxylic acid groups (broad SMARTS) is 1. The van der Waals surface area contributed by atoms with Crippen molar-refractivity contribution in [1.82, 2.24) is 30.0 Å². The molecule has 0 spiro atoms. The van der Waals surface area contributed by atoms with Gasteiger partial charge in [-0.25, -0.2) is 14.8 Å². The van der Waals surface area contributed by atoms with E-state index in [1.54, 1.807) is 0 Å². The summed E-state index contributed by atoms with van der Waals surface area (Å²) in [4.78, 5) is 23.6. The number of aromatic amines is 1. The van der Waals surface area contributed by atoms with E-state index in [1.807, 2.05) is 29.1 Å². The van der Waals surface area contributed by atoms with Crippen molar-refractivity contribution in [3.8, 4) is 11.1 Å². The molecule has 10 nitrogen and oxygen atoms in total. The number of benzene rings is 1. The molecule has 2 aliphatic heterocycles. The van der Waals surface area contributed by atoms with Crippen molar-refractivity contribution in [1.29, 1.82) is 0 Å². The number of rotatable bonds is 8. The minimum atomic E-state index is -1.23. The summed E-state index contributed by atoms with van der Waals surface area (Å²) < 4.78 is 8.14. The minimum absolute atomic E-state index is 0.0371. The number of nitrogens with one attached hydrogen (secondary N) is 2.